The topological polar surface area (TPSA) is 40.5 Å². The third-order valence-corrected chi connectivity index (χ3v) is 2.67. The van der Waals surface area contributed by atoms with Crippen LogP contribution in [0.25, 0.3) is 0 Å². The number of nitrogens with zero attached hydrogens (tertiary/aromatic N) is 1. The van der Waals surface area contributed by atoms with Gasteiger partial charge in [-0.25, -0.2) is 0 Å². The fourth-order valence-electron chi connectivity index (χ4n) is 1.46. The monoisotopic (exact) mass is 219 g/mol. The summed E-state index contributed by atoms with van der Waals surface area (Å²) in [4.78, 5) is 13.3. The summed E-state index contributed by atoms with van der Waals surface area (Å²) >= 11 is 0. The zero-order valence-corrected chi connectivity index (χ0v) is 9.68. The van der Waals surface area contributed by atoms with E-state index in [2.05, 4.69) is 6.58 Å². The molecule has 0 aromatic heterocycles. The molecule has 1 amide bonds. The van der Waals surface area contributed by atoms with Crippen molar-refractivity contribution in [3.8, 4) is 5.75 Å². The van der Waals surface area contributed by atoms with E-state index >= 15 is 0 Å². The second-order valence-electron chi connectivity index (χ2n) is 3.76. The molecule has 3 nitrogen and oxygen atoms in total. The summed E-state index contributed by atoms with van der Waals surface area (Å²) in [5.74, 6) is 0.270. The summed E-state index contributed by atoms with van der Waals surface area (Å²) in [6.07, 6.45) is 1.95. The van der Waals surface area contributed by atoms with Crippen LogP contribution in [0.1, 0.15) is 24.9 Å². The van der Waals surface area contributed by atoms with E-state index in [0.29, 0.717) is 6.42 Å². The van der Waals surface area contributed by atoms with E-state index in [-0.39, 0.29) is 17.7 Å². The third kappa shape index (κ3) is 2.86. The predicted molar refractivity (Wildman–Crippen MR) is 64.1 cm³/mol. The Morgan fingerprint density at radius 1 is 1.50 bits per heavy atom. The molecule has 1 aromatic carbocycles. The molecule has 0 spiro atoms. The van der Waals surface area contributed by atoms with Crippen LogP contribution in [-0.4, -0.2) is 23.0 Å². The number of amides is 1. The SMILES string of the molecule is C=CCC(=O)N(C)C(C)c1ccc(O)cc1. The lowest BCUT2D eigenvalue weighted by Gasteiger charge is -2.25. The lowest BCUT2D eigenvalue weighted by atomic mass is 10.1. The maximum atomic E-state index is 11.6. The lowest BCUT2D eigenvalue weighted by molar-refractivity contribution is -0.130. The van der Waals surface area contributed by atoms with Crippen LogP contribution in [0.5, 0.6) is 5.75 Å². The van der Waals surface area contributed by atoms with Gasteiger partial charge >= 0.3 is 0 Å². The summed E-state index contributed by atoms with van der Waals surface area (Å²) in [6, 6.07) is 6.87. The van der Waals surface area contributed by atoms with Crippen molar-refractivity contribution in [2.24, 2.45) is 0 Å². The first-order chi connectivity index (χ1) is 7.56. The molecule has 3 heteroatoms. The van der Waals surface area contributed by atoms with E-state index in [1.54, 1.807) is 30.2 Å². The number of phenols is 1. The normalized spacial score (nSPS) is 11.9. The van der Waals surface area contributed by atoms with Crippen LogP contribution in [0, 0.1) is 0 Å². The van der Waals surface area contributed by atoms with Crippen molar-refractivity contribution in [3.05, 3.63) is 42.5 Å². The van der Waals surface area contributed by atoms with Crippen LogP contribution >= 0.6 is 0 Å². The summed E-state index contributed by atoms with van der Waals surface area (Å²) in [5, 5.41) is 9.18. The number of carbonyl (C=O) groups excluding carboxylic acids is 1. The van der Waals surface area contributed by atoms with Gasteiger partial charge in [0, 0.05) is 13.5 Å². The van der Waals surface area contributed by atoms with E-state index in [9.17, 15) is 9.90 Å². The van der Waals surface area contributed by atoms with Crippen LogP contribution < -0.4 is 0 Å². The zero-order chi connectivity index (χ0) is 12.1. The predicted octanol–water partition coefficient (Wildman–Crippen LogP) is 2.49. The molecule has 0 aliphatic rings. The van der Waals surface area contributed by atoms with Crippen LogP contribution in [0.2, 0.25) is 0 Å². The van der Waals surface area contributed by atoms with Crippen LogP contribution in [0.3, 0.4) is 0 Å². The molecule has 0 heterocycles. The van der Waals surface area contributed by atoms with Gasteiger partial charge in [-0.05, 0) is 24.6 Å². The third-order valence-electron chi connectivity index (χ3n) is 2.67. The van der Waals surface area contributed by atoms with Crippen molar-refractivity contribution in [2.75, 3.05) is 7.05 Å². The van der Waals surface area contributed by atoms with Gasteiger partial charge in [-0.1, -0.05) is 18.2 Å². The van der Waals surface area contributed by atoms with Gasteiger partial charge in [0.05, 0.1) is 6.04 Å². The highest BCUT2D eigenvalue weighted by Gasteiger charge is 2.15. The maximum absolute atomic E-state index is 11.6. The summed E-state index contributed by atoms with van der Waals surface area (Å²) in [5.41, 5.74) is 0.998. The van der Waals surface area contributed by atoms with E-state index in [1.807, 2.05) is 19.1 Å². The summed E-state index contributed by atoms with van der Waals surface area (Å²) < 4.78 is 0. The standard InChI is InChI=1S/C13H17NO2/c1-4-5-13(16)14(3)10(2)11-6-8-12(15)9-7-11/h4,6-10,15H,1,5H2,2-3H3. The minimum atomic E-state index is -0.00644. The van der Waals surface area contributed by atoms with Crippen molar-refractivity contribution in [1.82, 2.24) is 4.90 Å². The molecule has 0 saturated heterocycles. The Labute approximate surface area is 96.0 Å². The Hall–Kier alpha value is -1.77. The molecule has 0 aliphatic heterocycles. The largest absolute Gasteiger partial charge is 0.508 e. The minimum absolute atomic E-state index is 0.00644. The molecular formula is C13H17NO2. The highest BCUT2D eigenvalue weighted by molar-refractivity contribution is 5.77. The van der Waals surface area contributed by atoms with Crippen LogP contribution in [0.15, 0.2) is 36.9 Å². The minimum Gasteiger partial charge on any atom is -0.508 e. The maximum Gasteiger partial charge on any atom is 0.226 e. The van der Waals surface area contributed by atoms with E-state index in [0.717, 1.165) is 5.56 Å². The van der Waals surface area contributed by atoms with Crippen molar-refractivity contribution in [1.29, 1.82) is 0 Å². The Balaban J connectivity index is 2.77. The Bertz CT molecular complexity index is 370. The van der Waals surface area contributed by atoms with E-state index in [4.69, 9.17) is 0 Å². The van der Waals surface area contributed by atoms with E-state index < -0.39 is 0 Å². The number of aromatic hydroxyl groups is 1. The van der Waals surface area contributed by atoms with Gasteiger partial charge in [-0.3, -0.25) is 4.79 Å². The molecule has 16 heavy (non-hydrogen) atoms. The Morgan fingerprint density at radius 2 is 2.06 bits per heavy atom. The zero-order valence-electron chi connectivity index (χ0n) is 9.68. The molecule has 86 valence electrons. The van der Waals surface area contributed by atoms with Gasteiger partial charge in [0.2, 0.25) is 5.91 Å². The fraction of sp³-hybridized carbons (Fsp3) is 0.308. The number of phenolic OH excluding ortho intramolecular Hbond substituents is 1. The number of carbonyl (C=O) groups is 1. The first-order valence-electron chi connectivity index (χ1n) is 5.21. The molecule has 1 N–H and O–H groups in total. The van der Waals surface area contributed by atoms with Gasteiger partial charge in [0.15, 0.2) is 0 Å². The molecule has 1 unspecified atom stereocenters. The highest BCUT2D eigenvalue weighted by atomic mass is 16.3. The molecule has 0 aliphatic carbocycles. The van der Waals surface area contributed by atoms with Gasteiger partial charge in [-0.2, -0.15) is 0 Å². The van der Waals surface area contributed by atoms with Crippen molar-refractivity contribution in [3.63, 3.8) is 0 Å². The van der Waals surface area contributed by atoms with Crippen molar-refractivity contribution >= 4 is 5.91 Å². The molecule has 0 bridgehead atoms. The van der Waals surface area contributed by atoms with Gasteiger partial charge in [-0.15, -0.1) is 6.58 Å². The smallest absolute Gasteiger partial charge is 0.226 e. The second-order valence-corrected chi connectivity index (χ2v) is 3.76. The Kier molecular flexibility index (Phi) is 4.11. The number of hydrogen-bond acceptors (Lipinski definition) is 2. The molecule has 0 fully saturated rings. The molecular weight excluding hydrogens is 202 g/mol. The van der Waals surface area contributed by atoms with Crippen molar-refractivity contribution < 1.29 is 9.90 Å². The Morgan fingerprint density at radius 3 is 2.56 bits per heavy atom. The molecule has 0 radical (unpaired) electrons. The highest BCUT2D eigenvalue weighted by Crippen LogP contribution is 2.21. The first-order valence-corrected chi connectivity index (χ1v) is 5.21. The lowest BCUT2D eigenvalue weighted by Crippen LogP contribution is -2.28. The van der Waals surface area contributed by atoms with Gasteiger partial charge in [0.25, 0.3) is 0 Å². The average molecular weight is 219 g/mol. The molecule has 1 rings (SSSR count). The summed E-state index contributed by atoms with van der Waals surface area (Å²) in [6.45, 7) is 5.50. The number of benzene rings is 1. The molecule has 0 saturated carbocycles. The van der Waals surface area contributed by atoms with Gasteiger partial charge < -0.3 is 10.0 Å². The first kappa shape index (κ1) is 12.3. The molecule has 1 atom stereocenters. The fourth-order valence-corrected chi connectivity index (χ4v) is 1.46. The molecule has 1 aromatic rings. The van der Waals surface area contributed by atoms with Gasteiger partial charge in [0.1, 0.15) is 5.75 Å². The number of hydrogen-bond donors (Lipinski definition) is 1. The van der Waals surface area contributed by atoms with Crippen LogP contribution in [0.4, 0.5) is 0 Å². The second kappa shape index (κ2) is 5.35. The quantitative estimate of drug-likeness (QED) is 0.790. The van der Waals surface area contributed by atoms with Crippen molar-refractivity contribution in [2.45, 2.75) is 19.4 Å². The average Bonchev–Trinajstić information content (AvgIpc) is 2.28. The summed E-state index contributed by atoms with van der Waals surface area (Å²) in [7, 11) is 1.77. The number of rotatable bonds is 4. The van der Waals surface area contributed by atoms with E-state index in [1.165, 1.54) is 0 Å². The van der Waals surface area contributed by atoms with Crippen LogP contribution in [-0.2, 0) is 4.79 Å².